The Balaban J connectivity index is 1.20. The first kappa shape index (κ1) is 29.0. The van der Waals surface area contributed by atoms with E-state index in [1.807, 2.05) is 30.6 Å². The normalized spacial score (nSPS) is 12.9. The van der Waals surface area contributed by atoms with Crippen LogP contribution in [0.15, 0.2) is 164 Å². The summed E-state index contributed by atoms with van der Waals surface area (Å²) in [5, 5.41) is 2.60. The van der Waals surface area contributed by atoms with E-state index in [9.17, 15) is 0 Å². The summed E-state index contributed by atoms with van der Waals surface area (Å²) in [5.41, 5.74) is 14.7. The van der Waals surface area contributed by atoms with Gasteiger partial charge in [0.1, 0.15) is 0 Å². The number of benzene rings is 6. The molecule has 0 N–H and O–H groups in total. The zero-order valence-electron chi connectivity index (χ0n) is 27.4. The van der Waals surface area contributed by atoms with E-state index in [1.165, 1.54) is 38.6 Å². The Labute approximate surface area is 286 Å². The third-order valence-corrected chi connectivity index (χ3v) is 9.98. The molecule has 0 radical (unpaired) electrons. The number of aromatic nitrogens is 3. The highest BCUT2D eigenvalue weighted by molar-refractivity contribution is 5.98. The van der Waals surface area contributed by atoms with E-state index in [0.717, 1.165) is 44.8 Å². The van der Waals surface area contributed by atoms with Crippen molar-refractivity contribution in [2.75, 3.05) is 0 Å². The molecular weight excluding hydrogens is 595 g/mol. The van der Waals surface area contributed by atoms with Crippen molar-refractivity contribution in [1.82, 2.24) is 15.0 Å². The Kier molecular flexibility index (Phi) is 6.80. The van der Waals surface area contributed by atoms with Crippen molar-refractivity contribution >= 4 is 10.8 Å². The summed E-state index contributed by atoms with van der Waals surface area (Å²) in [6.07, 6.45) is 3.66. The zero-order chi connectivity index (χ0) is 33.0. The summed E-state index contributed by atoms with van der Waals surface area (Å²) in [6.45, 7) is 4.69. The predicted octanol–water partition coefficient (Wildman–Crippen LogP) is 11.7. The van der Waals surface area contributed by atoms with Gasteiger partial charge < -0.3 is 0 Å². The van der Waals surface area contributed by atoms with Crippen LogP contribution in [0.25, 0.3) is 78.1 Å². The van der Waals surface area contributed by atoms with Gasteiger partial charge in [0.15, 0.2) is 5.82 Å². The minimum absolute atomic E-state index is 0.111. The molecule has 0 saturated carbocycles. The Hall–Kier alpha value is -6.19. The van der Waals surface area contributed by atoms with Crippen LogP contribution < -0.4 is 0 Å². The Morgan fingerprint density at radius 2 is 1.06 bits per heavy atom. The molecule has 8 aromatic rings. The minimum Gasteiger partial charge on any atom is -0.265 e. The fourth-order valence-corrected chi connectivity index (χ4v) is 7.49. The standard InChI is InChI=1S/C46H33N3/c1-46(2)41-22-20-36(28-40(41)39-21-19-33-11-6-7-14-38(33)44(39)46)43-29-42(34-17-15-31(16-18-34)32-23-25-47-26-24-32)48-45(49-43)37-13-8-12-35(27-37)30-9-4-3-5-10-30/h3-29H,1-2H3. The maximum Gasteiger partial charge on any atom is 0.160 e. The first-order valence-electron chi connectivity index (χ1n) is 16.8. The van der Waals surface area contributed by atoms with Gasteiger partial charge in [0.05, 0.1) is 11.4 Å². The van der Waals surface area contributed by atoms with Gasteiger partial charge in [-0.1, -0.05) is 135 Å². The summed E-state index contributed by atoms with van der Waals surface area (Å²) in [5.74, 6) is 0.704. The lowest BCUT2D eigenvalue weighted by Crippen LogP contribution is -2.15. The van der Waals surface area contributed by atoms with Gasteiger partial charge in [0.25, 0.3) is 0 Å². The SMILES string of the molecule is CC1(C)c2ccc(-c3cc(-c4ccc(-c5ccncc5)cc4)nc(-c4cccc(-c5ccccc5)c4)n3)cc2-c2ccc3ccccc3c21. The number of fused-ring (bicyclic) bond motifs is 5. The fraction of sp³-hybridized carbons (Fsp3) is 0.0652. The largest absolute Gasteiger partial charge is 0.265 e. The van der Waals surface area contributed by atoms with Crippen molar-refractivity contribution in [3.8, 4) is 67.3 Å². The van der Waals surface area contributed by atoms with Gasteiger partial charge in [-0.15, -0.1) is 0 Å². The van der Waals surface area contributed by atoms with Crippen molar-refractivity contribution < 1.29 is 0 Å². The quantitative estimate of drug-likeness (QED) is 0.191. The molecule has 232 valence electrons. The van der Waals surface area contributed by atoms with E-state index in [2.05, 4.69) is 152 Å². The summed E-state index contributed by atoms with van der Waals surface area (Å²) in [4.78, 5) is 14.6. The lowest BCUT2D eigenvalue weighted by Gasteiger charge is -2.23. The molecule has 49 heavy (non-hydrogen) atoms. The van der Waals surface area contributed by atoms with Crippen LogP contribution in [0, 0.1) is 0 Å². The molecular formula is C46H33N3. The summed E-state index contributed by atoms with van der Waals surface area (Å²) >= 11 is 0. The number of pyridine rings is 1. The van der Waals surface area contributed by atoms with E-state index in [4.69, 9.17) is 9.97 Å². The fourth-order valence-electron chi connectivity index (χ4n) is 7.49. The van der Waals surface area contributed by atoms with Crippen LogP contribution in [0.1, 0.15) is 25.0 Å². The molecule has 3 heteroatoms. The van der Waals surface area contributed by atoms with Gasteiger partial charge in [0.2, 0.25) is 0 Å². The van der Waals surface area contributed by atoms with Gasteiger partial charge in [0, 0.05) is 34.5 Å². The highest BCUT2D eigenvalue weighted by Crippen LogP contribution is 2.52. The van der Waals surface area contributed by atoms with Gasteiger partial charge in [-0.25, -0.2) is 9.97 Å². The third-order valence-electron chi connectivity index (χ3n) is 9.98. The molecule has 0 aliphatic heterocycles. The van der Waals surface area contributed by atoms with E-state index in [0.29, 0.717) is 5.82 Å². The topological polar surface area (TPSA) is 38.7 Å². The molecule has 0 unspecified atom stereocenters. The molecule has 0 fully saturated rings. The second-order valence-corrected chi connectivity index (χ2v) is 13.3. The third kappa shape index (κ3) is 5.03. The van der Waals surface area contributed by atoms with E-state index in [-0.39, 0.29) is 5.41 Å². The average molecular weight is 628 g/mol. The number of nitrogens with zero attached hydrogens (tertiary/aromatic N) is 3. The maximum absolute atomic E-state index is 5.25. The number of rotatable bonds is 5. The van der Waals surface area contributed by atoms with Crippen LogP contribution in [-0.2, 0) is 5.41 Å². The molecule has 1 aliphatic carbocycles. The van der Waals surface area contributed by atoms with Crippen LogP contribution in [0.2, 0.25) is 0 Å². The molecule has 0 atom stereocenters. The Morgan fingerprint density at radius 1 is 0.429 bits per heavy atom. The Bertz CT molecular complexity index is 2500. The van der Waals surface area contributed by atoms with Gasteiger partial charge in [-0.05, 0) is 85.6 Å². The lowest BCUT2D eigenvalue weighted by atomic mass is 9.80. The first-order valence-corrected chi connectivity index (χ1v) is 16.8. The van der Waals surface area contributed by atoms with E-state index >= 15 is 0 Å². The first-order chi connectivity index (χ1) is 24.0. The van der Waals surface area contributed by atoms with Crippen molar-refractivity contribution in [2.24, 2.45) is 0 Å². The molecule has 0 spiro atoms. The van der Waals surface area contributed by atoms with Crippen LogP contribution in [-0.4, -0.2) is 15.0 Å². The molecule has 0 saturated heterocycles. The van der Waals surface area contributed by atoms with E-state index < -0.39 is 0 Å². The molecule has 3 nitrogen and oxygen atoms in total. The summed E-state index contributed by atoms with van der Waals surface area (Å²) < 4.78 is 0. The molecule has 0 amide bonds. The second kappa shape index (κ2) is 11.5. The summed E-state index contributed by atoms with van der Waals surface area (Å²) in [7, 11) is 0. The van der Waals surface area contributed by atoms with E-state index in [1.54, 1.807) is 0 Å². The van der Waals surface area contributed by atoms with Gasteiger partial charge in [-0.3, -0.25) is 4.98 Å². The molecule has 6 aromatic carbocycles. The number of hydrogen-bond acceptors (Lipinski definition) is 3. The van der Waals surface area contributed by atoms with Crippen LogP contribution in [0.4, 0.5) is 0 Å². The molecule has 9 rings (SSSR count). The molecule has 0 bridgehead atoms. The van der Waals surface area contributed by atoms with Crippen LogP contribution in [0.3, 0.4) is 0 Å². The van der Waals surface area contributed by atoms with Gasteiger partial charge >= 0.3 is 0 Å². The van der Waals surface area contributed by atoms with Crippen LogP contribution in [0.5, 0.6) is 0 Å². The van der Waals surface area contributed by atoms with Crippen molar-refractivity contribution in [2.45, 2.75) is 19.3 Å². The average Bonchev–Trinajstić information content (AvgIpc) is 3.41. The second-order valence-electron chi connectivity index (χ2n) is 13.3. The highest BCUT2D eigenvalue weighted by atomic mass is 14.9. The predicted molar refractivity (Wildman–Crippen MR) is 202 cm³/mol. The Morgan fingerprint density at radius 3 is 1.88 bits per heavy atom. The maximum atomic E-state index is 5.25. The smallest absolute Gasteiger partial charge is 0.160 e. The van der Waals surface area contributed by atoms with Crippen molar-refractivity contribution in [3.63, 3.8) is 0 Å². The highest BCUT2D eigenvalue weighted by Gasteiger charge is 2.37. The van der Waals surface area contributed by atoms with Crippen LogP contribution >= 0.6 is 0 Å². The van der Waals surface area contributed by atoms with Gasteiger partial charge in [-0.2, -0.15) is 0 Å². The monoisotopic (exact) mass is 627 g/mol. The van der Waals surface area contributed by atoms with Crippen molar-refractivity contribution in [3.05, 3.63) is 175 Å². The number of hydrogen-bond donors (Lipinski definition) is 0. The molecule has 2 aromatic heterocycles. The molecule has 1 aliphatic rings. The minimum atomic E-state index is -0.111. The molecule has 2 heterocycles. The lowest BCUT2D eigenvalue weighted by molar-refractivity contribution is 0.666. The van der Waals surface area contributed by atoms with Crippen molar-refractivity contribution in [1.29, 1.82) is 0 Å². The summed E-state index contributed by atoms with van der Waals surface area (Å²) in [6, 6.07) is 54.0. The zero-order valence-corrected chi connectivity index (χ0v) is 27.4.